The Kier molecular flexibility index (Phi) is 4.53. The van der Waals surface area contributed by atoms with E-state index >= 15 is 0 Å². The van der Waals surface area contributed by atoms with Gasteiger partial charge < -0.3 is 0 Å². The number of thiophene rings is 1. The molecule has 0 saturated heterocycles. The molecule has 0 unspecified atom stereocenters. The molecule has 7 heteroatoms. The largest absolute Gasteiger partial charge is 0.294 e. The van der Waals surface area contributed by atoms with Gasteiger partial charge in [-0.3, -0.25) is 9.36 Å². The van der Waals surface area contributed by atoms with Crippen molar-refractivity contribution in [3.05, 3.63) is 86.0 Å². The minimum atomic E-state index is -0.318. The molecule has 0 fully saturated rings. The maximum Gasteiger partial charge on any atom is 0.263 e. The van der Waals surface area contributed by atoms with Crippen LogP contribution in [0.25, 0.3) is 21.3 Å². The van der Waals surface area contributed by atoms with E-state index in [1.54, 1.807) is 30.3 Å². The fourth-order valence-corrected chi connectivity index (χ4v) is 4.13. The van der Waals surface area contributed by atoms with Crippen molar-refractivity contribution in [1.82, 2.24) is 9.55 Å². The summed E-state index contributed by atoms with van der Waals surface area (Å²) in [5.41, 5.74) is 2.14. The summed E-state index contributed by atoms with van der Waals surface area (Å²) in [6, 6.07) is 11.2. The van der Waals surface area contributed by atoms with Gasteiger partial charge in [0.15, 0.2) is 0 Å². The average Bonchev–Trinajstić information content (AvgIpc) is 3.05. The summed E-state index contributed by atoms with van der Waals surface area (Å²) in [4.78, 5) is 18.1. The van der Waals surface area contributed by atoms with E-state index in [-0.39, 0.29) is 17.9 Å². The summed E-state index contributed by atoms with van der Waals surface area (Å²) in [5.74, 6) is -0.318. The van der Waals surface area contributed by atoms with Gasteiger partial charge in [0, 0.05) is 21.0 Å². The Morgan fingerprint density at radius 3 is 2.62 bits per heavy atom. The SMILES string of the molecule is O=c1c2c(-c3ccc(F)cc3)csc2ncn1Cc1ccc(Cl)cc1Cl. The molecule has 0 aliphatic heterocycles. The van der Waals surface area contributed by atoms with Crippen LogP contribution in [0.4, 0.5) is 4.39 Å². The Bertz CT molecular complexity index is 1170. The molecule has 3 nitrogen and oxygen atoms in total. The van der Waals surface area contributed by atoms with E-state index in [4.69, 9.17) is 23.2 Å². The van der Waals surface area contributed by atoms with Crippen molar-refractivity contribution >= 4 is 44.8 Å². The molecule has 26 heavy (non-hydrogen) atoms. The standard InChI is InChI=1S/C19H11Cl2FN2OS/c20-13-4-1-12(16(21)7-13)8-24-10-23-18-17(19(24)25)15(9-26-18)11-2-5-14(22)6-3-11/h1-7,9-10H,8H2. The van der Waals surface area contributed by atoms with Gasteiger partial charge in [-0.25, -0.2) is 9.37 Å². The predicted molar refractivity (Wildman–Crippen MR) is 105 cm³/mol. The summed E-state index contributed by atoms with van der Waals surface area (Å²) in [6.07, 6.45) is 1.51. The van der Waals surface area contributed by atoms with E-state index in [0.29, 0.717) is 20.3 Å². The van der Waals surface area contributed by atoms with Gasteiger partial charge in [0.05, 0.1) is 18.3 Å². The Morgan fingerprint density at radius 2 is 1.88 bits per heavy atom. The highest BCUT2D eigenvalue weighted by molar-refractivity contribution is 7.17. The zero-order chi connectivity index (χ0) is 18.3. The van der Waals surface area contributed by atoms with Gasteiger partial charge in [-0.1, -0.05) is 41.4 Å². The van der Waals surface area contributed by atoms with E-state index < -0.39 is 0 Å². The van der Waals surface area contributed by atoms with Crippen LogP contribution in [0.3, 0.4) is 0 Å². The monoisotopic (exact) mass is 404 g/mol. The summed E-state index contributed by atoms with van der Waals surface area (Å²) in [7, 11) is 0. The van der Waals surface area contributed by atoms with Crippen LogP contribution in [-0.2, 0) is 6.54 Å². The molecule has 0 bridgehead atoms. The van der Waals surface area contributed by atoms with Crippen molar-refractivity contribution in [3.63, 3.8) is 0 Å². The number of benzene rings is 2. The summed E-state index contributed by atoms with van der Waals surface area (Å²) < 4.78 is 14.7. The second kappa shape index (κ2) is 6.83. The topological polar surface area (TPSA) is 34.9 Å². The van der Waals surface area contributed by atoms with Crippen LogP contribution in [-0.4, -0.2) is 9.55 Å². The molecular formula is C19H11Cl2FN2OS. The number of hydrogen-bond donors (Lipinski definition) is 0. The fraction of sp³-hybridized carbons (Fsp3) is 0.0526. The van der Waals surface area contributed by atoms with Gasteiger partial charge in [-0.15, -0.1) is 11.3 Å². The van der Waals surface area contributed by atoms with Gasteiger partial charge in [0.1, 0.15) is 10.6 Å². The fourth-order valence-electron chi connectivity index (χ4n) is 2.76. The van der Waals surface area contributed by atoms with Crippen LogP contribution in [0.5, 0.6) is 0 Å². The highest BCUT2D eigenvalue weighted by Gasteiger charge is 2.14. The molecule has 0 saturated carbocycles. The van der Waals surface area contributed by atoms with Crippen LogP contribution in [0, 0.1) is 5.82 Å². The Labute approximate surface area is 162 Å². The van der Waals surface area contributed by atoms with Crippen LogP contribution < -0.4 is 5.56 Å². The van der Waals surface area contributed by atoms with Crippen LogP contribution >= 0.6 is 34.5 Å². The van der Waals surface area contributed by atoms with Crippen molar-refractivity contribution < 1.29 is 4.39 Å². The minimum absolute atomic E-state index is 0.165. The van der Waals surface area contributed by atoms with Gasteiger partial charge in [-0.2, -0.15) is 0 Å². The Hall–Kier alpha value is -2.21. The molecule has 0 spiro atoms. The van der Waals surface area contributed by atoms with Crippen LogP contribution in [0.2, 0.25) is 10.0 Å². The lowest BCUT2D eigenvalue weighted by Crippen LogP contribution is -2.21. The molecule has 0 radical (unpaired) electrons. The first kappa shape index (κ1) is 17.2. The Balaban J connectivity index is 1.82. The minimum Gasteiger partial charge on any atom is -0.294 e. The zero-order valence-electron chi connectivity index (χ0n) is 13.2. The smallest absolute Gasteiger partial charge is 0.263 e. The summed E-state index contributed by atoms with van der Waals surface area (Å²) >= 11 is 13.5. The third-order valence-corrected chi connectivity index (χ3v) is 5.55. The van der Waals surface area contributed by atoms with E-state index in [9.17, 15) is 9.18 Å². The molecule has 0 aliphatic rings. The lowest BCUT2D eigenvalue weighted by molar-refractivity contribution is 0.628. The second-order valence-corrected chi connectivity index (χ2v) is 7.45. The lowest BCUT2D eigenvalue weighted by Gasteiger charge is -2.08. The summed E-state index contributed by atoms with van der Waals surface area (Å²) in [5, 5.41) is 3.42. The molecule has 130 valence electrons. The quantitative estimate of drug-likeness (QED) is 0.444. The van der Waals surface area contributed by atoms with Crippen molar-refractivity contribution in [2.45, 2.75) is 6.54 Å². The number of nitrogens with zero attached hydrogens (tertiary/aromatic N) is 2. The molecule has 4 rings (SSSR count). The first-order valence-corrected chi connectivity index (χ1v) is 9.33. The van der Waals surface area contributed by atoms with Crippen molar-refractivity contribution in [2.24, 2.45) is 0 Å². The normalized spacial score (nSPS) is 11.2. The van der Waals surface area contributed by atoms with Crippen molar-refractivity contribution in [3.8, 4) is 11.1 Å². The van der Waals surface area contributed by atoms with Crippen molar-refractivity contribution in [2.75, 3.05) is 0 Å². The van der Waals surface area contributed by atoms with E-state index in [0.717, 1.165) is 16.7 Å². The number of halogens is 3. The molecule has 0 amide bonds. The molecule has 0 aliphatic carbocycles. The molecule has 0 N–H and O–H groups in total. The van der Waals surface area contributed by atoms with E-state index in [1.807, 2.05) is 5.38 Å². The maximum absolute atomic E-state index is 13.2. The predicted octanol–water partition coefficient (Wildman–Crippen LogP) is 5.62. The average molecular weight is 405 g/mol. The number of rotatable bonds is 3. The third-order valence-electron chi connectivity index (χ3n) is 4.07. The molecule has 2 aromatic carbocycles. The number of fused-ring (bicyclic) bond motifs is 1. The van der Waals surface area contributed by atoms with E-state index in [1.165, 1.54) is 34.4 Å². The molecular weight excluding hydrogens is 394 g/mol. The van der Waals surface area contributed by atoms with E-state index in [2.05, 4.69) is 4.98 Å². The first-order valence-electron chi connectivity index (χ1n) is 7.69. The van der Waals surface area contributed by atoms with Crippen molar-refractivity contribution in [1.29, 1.82) is 0 Å². The van der Waals surface area contributed by atoms with Gasteiger partial charge >= 0.3 is 0 Å². The molecule has 0 atom stereocenters. The van der Waals surface area contributed by atoms with Gasteiger partial charge in [-0.05, 0) is 35.4 Å². The lowest BCUT2D eigenvalue weighted by atomic mass is 10.1. The number of hydrogen-bond acceptors (Lipinski definition) is 3. The maximum atomic E-state index is 13.2. The highest BCUT2D eigenvalue weighted by Crippen LogP contribution is 2.31. The zero-order valence-corrected chi connectivity index (χ0v) is 15.6. The molecule has 2 aromatic heterocycles. The second-order valence-electron chi connectivity index (χ2n) is 5.75. The van der Waals surface area contributed by atoms with Crippen LogP contribution in [0.15, 0.2) is 59.0 Å². The summed E-state index contributed by atoms with van der Waals surface area (Å²) in [6.45, 7) is 0.288. The first-order chi connectivity index (χ1) is 12.5. The highest BCUT2D eigenvalue weighted by atomic mass is 35.5. The van der Waals surface area contributed by atoms with Gasteiger partial charge in [0.2, 0.25) is 0 Å². The molecule has 4 aromatic rings. The van der Waals surface area contributed by atoms with Gasteiger partial charge in [0.25, 0.3) is 5.56 Å². The third kappa shape index (κ3) is 3.14. The number of aromatic nitrogens is 2. The Morgan fingerprint density at radius 1 is 1.12 bits per heavy atom. The molecule has 2 heterocycles. The van der Waals surface area contributed by atoms with Crippen LogP contribution in [0.1, 0.15) is 5.56 Å².